The quantitative estimate of drug-likeness (QED) is 0.212. The second-order valence-electron chi connectivity index (χ2n) is 8.73. The number of fused-ring (bicyclic) bond motifs is 1. The highest BCUT2D eigenvalue weighted by Gasteiger charge is 2.23. The molecule has 11 nitrogen and oxygen atoms in total. The molecular weight excluding hydrogens is 552 g/mol. The van der Waals surface area contributed by atoms with E-state index in [-0.39, 0.29) is 22.0 Å². The molecule has 1 unspecified atom stereocenters. The lowest BCUT2D eigenvalue weighted by atomic mass is 10.2. The molecule has 0 bridgehead atoms. The van der Waals surface area contributed by atoms with E-state index in [0.717, 1.165) is 16.9 Å². The number of H-pyrrole nitrogens is 1. The number of nitrogens with zero attached hydrogens (tertiary/aromatic N) is 3. The third-order valence-corrected chi connectivity index (χ3v) is 8.10. The van der Waals surface area contributed by atoms with E-state index in [2.05, 4.69) is 30.2 Å². The highest BCUT2D eigenvalue weighted by atomic mass is 32.2. The summed E-state index contributed by atoms with van der Waals surface area (Å²) in [6, 6.07) is 20.2. The third-order valence-electron chi connectivity index (χ3n) is 5.86. The minimum atomic E-state index is -3.87. The third kappa shape index (κ3) is 6.00. The number of ether oxygens (including phenoxy) is 1. The molecule has 1 amide bonds. The Labute approximate surface area is 233 Å². The number of esters is 1. The summed E-state index contributed by atoms with van der Waals surface area (Å²) in [6.45, 7) is 3.44. The molecule has 3 N–H and O–H groups in total. The average molecular weight is 577 g/mol. The molecule has 2 heterocycles. The lowest BCUT2D eigenvalue weighted by molar-refractivity contribution is -0.124. The van der Waals surface area contributed by atoms with Gasteiger partial charge in [0.2, 0.25) is 5.13 Å². The van der Waals surface area contributed by atoms with Crippen molar-refractivity contribution in [2.24, 2.45) is 0 Å². The Balaban J connectivity index is 1.23. The van der Waals surface area contributed by atoms with Crippen molar-refractivity contribution in [3.05, 3.63) is 83.4 Å². The molecule has 0 aliphatic rings. The number of amides is 1. The molecule has 0 spiro atoms. The van der Waals surface area contributed by atoms with Crippen molar-refractivity contribution >= 4 is 55.1 Å². The highest BCUT2D eigenvalue weighted by molar-refractivity contribution is 7.93. The molecule has 40 heavy (non-hydrogen) atoms. The van der Waals surface area contributed by atoms with E-state index in [9.17, 15) is 18.0 Å². The van der Waals surface area contributed by atoms with Gasteiger partial charge in [0, 0.05) is 11.3 Å². The number of aryl methyl sites for hydroxylation is 1. The van der Waals surface area contributed by atoms with Gasteiger partial charge in [-0.1, -0.05) is 48.6 Å². The predicted molar refractivity (Wildman–Crippen MR) is 152 cm³/mol. The van der Waals surface area contributed by atoms with Crippen LogP contribution in [0.5, 0.6) is 0 Å². The number of nitrogens with one attached hydrogen (secondary N) is 3. The number of hydrogen-bond acceptors (Lipinski definition) is 9. The summed E-state index contributed by atoms with van der Waals surface area (Å²) in [5.41, 5.74) is 2.89. The van der Waals surface area contributed by atoms with E-state index in [1.54, 1.807) is 32.0 Å². The summed E-state index contributed by atoms with van der Waals surface area (Å²) in [4.78, 5) is 33.5. The number of aromatic amines is 1. The number of carbonyl (C=O) groups excluding carboxylic acids is 2. The van der Waals surface area contributed by atoms with E-state index in [1.165, 1.54) is 24.3 Å². The van der Waals surface area contributed by atoms with Crippen molar-refractivity contribution in [1.82, 2.24) is 20.2 Å². The lowest BCUT2D eigenvalue weighted by Crippen LogP contribution is -2.32. The fraction of sp³-hybridized carbons (Fsp3) is 0.148. The normalized spacial score (nSPS) is 12.2. The zero-order valence-electron chi connectivity index (χ0n) is 21.4. The Hall–Kier alpha value is -4.62. The van der Waals surface area contributed by atoms with Crippen LogP contribution in [0.15, 0.2) is 77.7 Å². The molecule has 0 radical (unpaired) electrons. The van der Waals surface area contributed by atoms with Gasteiger partial charge in [0.25, 0.3) is 15.9 Å². The zero-order valence-corrected chi connectivity index (χ0v) is 23.0. The number of benzene rings is 3. The van der Waals surface area contributed by atoms with Crippen molar-refractivity contribution < 1.29 is 22.7 Å². The molecule has 13 heteroatoms. The number of carbonyl (C=O) groups is 2. The maximum Gasteiger partial charge on any atom is 0.338 e. The monoisotopic (exact) mass is 576 g/mol. The zero-order chi connectivity index (χ0) is 28.3. The Morgan fingerprint density at radius 3 is 2.45 bits per heavy atom. The largest absolute Gasteiger partial charge is 0.449 e. The number of sulfonamides is 1. The molecule has 5 rings (SSSR count). The van der Waals surface area contributed by atoms with E-state index in [4.69, 9.17) is 4.74 Å². The first kappa shape index (κ1) is 27.0. The van der Waals surface area contributed by atoms with Gasteiger partial charge < -0.3 is 15.0 Å². The van der Waals surface area contributed by atoms with Crippen LogP contribution >= 0.6 is 11.3 Å². The standard InChI is InChI=1S/C27H24N6O5S2/c1-3-23(25(34)28-19-10-12-20(13-11-19)40(36,37)33-27-32-31-16(2)39-27)38-26(35)18-9-14-21-22(15-18)30-24(29-21)17-7-5-4-6-8-17/h4-15,23H,3H2,1-2H3,(H,28,34)(H,29,30)(H,32,33). The first-order valence-corrected chi connectivity index (χ1v) is 14.5. The molecular formula is C27H24N6O5S2. The van der Waals surface area contributed by atoms with Gasteiger partial charge in [-0.3, -0.25) is 9.52 Å². The summed E-state index contributed by atoms with van der Waals surface area (Å²) in [6.07, 6.45) is -0.824. The Bertz CT molecular complexity index is 1780. The van der Waals surface area contributed by atoms with E-state index in [0.29, 0.717) is 27.6 Å². The second-order valence-corrected chi connectivity index (χ2v) is 11.6. The van der Waals surface area contributed by atoms with Gasteiger partial charge in [-0.25, -0.2) is 18.2 Å². The summed E-state index contributed by atoms with van der Waals surface area (Å²) in [7, 11) is -3.87. The van der Waals surface area contributed by atoms with Crippen LogP contribution in [0.2, 0.25) is 0 Å². The van der Waals surface area contributed by atoms with Crippen LogP contribution in [0.25, 0.3) is 22.4 Å². The van der Waals surface area contributed by atoms with Crippen LogP contribution < -0.4 is 10.0 Å². The average Bonchev–Trinajstić information content (AvgIpc) is 3.57. The Morgan fingerprint density at radius 1 is 1.02 bits per heavy atom. The van der Waals surface area contributed by atoms with Crippen molar-refractivity contribution in [2.75, 3.05) is 10.0 Å². The molecule has 204 valence electrons. The van der Waals surface area contributed by atoms with Crippen LogP contribution in [0.1, 0.15) is 28.7 Å². The van der Waals surface area contributed by atoms with E-state index in [1.807, 2.05) is 30.3 Å². The van der Waals surface area contributed by atoms with Crippen molar-refractivity contribution in [3.63, 3.8) is 0 Å². The highest BCUT2D eigenvalue weighted by Crippen LogP contribution is 2.23. The molecule has 2 aromatic heterocycles. The molecule has 5 aromatic rings. The fourth-order valence-electron chi connectivity index (χ4n) is 3.84. The van der Waals surface area contributed by atoms with Crippen LogP contribution in [0.3, 0.4) is 0 Å². The number of aromatic nitrogens is 4. The number of hydrogen-bond donors (Lipinski definition) is 3. The second kappa shape index (κ2) is 11.2. The lowest BCUT2D eigenvalue weighted by Gasteiger charge is -2.16. The van der Waals surface area contributed by atoms with E-state index >= 15 is 0 Å². The van der Waals surface area contributed by atoms with Gasteiger partial charge in [0.05, 0.1) is 21.5 Å². The van der Waals surface area contributed by atoms with Crippen LogP contribution in [0.4, 0.5) is 10.8 Å². The number of imidazole rings is 1. The van der Waals surface area contributed by atoms with Crippen molar-refractivity contribution in [2.45, 2.75) is 31.3 Å². The summed E-state index contributed by atoms with van der Waals surface area (Å²) >= 11 is 1.11. The van der Waals surface area contributed by atoms with E-state index < -0.39 is 28.0 Å². The van der Waals surface area contributed by atoms with Crippen molar-refractivity contribution in [1.29, 1.82) is 0 Å². The first-order chi connectivity index (χ1) is 19.2. The van der Waals surface area contributed by atoms with Gasteiger partial charge >= 0.3 is 5.97 Å². The minimum absolute atomic E-state index is 0.0126. The molecule has 0 aliphatic carbocycles. The Kier molecular flexibility index (Phi) is 7.58. The van der Waals surface area contributed by atoms with Crippen LogP contribution in [-0.2, 0) is 19.6 Å². The predicted octanol–water partition coefficient (Wildman–Crippen LogP) is 4.76. The Morgan fingerprint density at radius 2 is 1.77 bits per heavy atom. The smallest absolute Gasteiger partial charge is 0.338 e. The van der Waals surface area contributed by atoms with Crippen LogP contribution in [0, 0.1) is 6.92 Å². The maximum atomic E-state index is 12.9. The molecule has 0 fully saturated rings. The molecule has 0 saturated heterocycles. The van der Waals surface area contributed by atoms with Gasteiger partial charge in [-0.2, -0.15) is 0 Å². The minimum Gasteiger partial charge on any atom is -0.449 e. The SMILES string of the molecule is CCC(OC(=O)c1ccc2nc(-c3ccccc3)[nH]c2c1)C(=O)Nc1ccc(S(=O)(=O)Nc2nnc(C)s2)cc1. The van der Waals surface area contributed by atoms with Crippen molar-refractivity contribution in [3.8, 4) is 11.4 Å². The summed E-state index contributed by atoms with van der Waals surface area (Å²) < 4.78 is 33.0. The van der Waals surface area contributed by atoms with Gasteiger partial charge in [-0.05, 0) is 55.8 Å². The van der Waals surface area contributed by atoms with Crippen LogP contribution in [-0.4, -0.2) is 46.6 Å². The summed E-state index contributed by atoms with van der Waals surface area (Å²) in [5, 5.41) is 11.0. The topological polar surface area (TPSA) is 156 Å². The van der Waals surface area contributed by atoms with Gasteiger partial charge in [0.15, 0.2) is 6.10 Å². The first-order valence-electron chi connectivity index (χ1n) is 12.2. The summed E-state index contributed by atoms with van der Waals surface area (Å²) in [5.74, 6) is -0.515. The molecule has 1 atom stereocenters. The number of rotatable bonds is 9. The fourth-order valence-corrected chi connectivity index (χ4v) is 5.66. The maximum absolute atomic E-state index is 12.9. The number of anilines is 2. The molecule has 0 aliphatic heterocycles. The van der Waals surface area contributed by atoms with Gasteiger partial charge in [-0.15, -0.1) is 10.2 Å². The van der Waals surface area contributed by atoms with Gasteiger partial charge in [0.1, 0.15) is 10.8 Å². The molecule has 0 saturated carbocycles. The molecule has 3 aromatic carbocycles.